The van der Waals surface area contributed by atoms with Crippen molar-refractivity contribution in [1.29, 1.82) is 0 Å². The van der Waals surface area contributed by atoms with E-state index in [4.69, 9.17) is 4.74 Å². The van der Waals surface area contributed by atoms with Gasteiger partial charge in [0.1, 0.15) is 12.3 Å². The summed E-state index contributed by atoms with van der Waals surface area (Å²) in [5.74, 6) is 0. The average molecular weight is 364 g/mol. The second kappa shape index (κ2) is 8.20. The number of ether oxygens (including phenoxy) is 1. The number of amides is 1. The third kappa shape index (κ3) is 4.64. The van der Waals surface area contributed by atoms with Gasteiger partial charge in [-0.25, -0.2) is 9.48 Å². The summed E-state index contributed by atoms with van der Waals surface area (Å²) in [6.45, 7) is 0.766. The molecule has 1 fully saturated rings. The van der Waals surface area contributed by atoms with Crippen LogP contribution in [0.25, 0.3) is 10.8 Å². The van der Waals surface area contributed by atoms with E-state index in [1.807, 2.05) is 18.3 Å². The first kappa shape index (κ1) is 17.5. The first-order valence-corrected chi connectivity index (χ1v) is 9.56. The molecule has 1 aromatic heterocycles. The maximum absolute atomic E-state index is 11.9. The number of nitrogens with zero attached hydrogens (tertiary/aromatic N) is 3. The molecule has 1 N–H and O–H groups in total. The number of carbonyl (C=O) groups is 1. The predicted molar refractivity (Wildman–Crippen MR) is 103 cm³/mol. The minimum absolute atomic E-state index is 0.135. The Bertz CT molecular complexity index is 915. The molecular weight excluding hydrogens is 340 g/mol. The minimum Gasteiger partial charge on any atom is -0.443 e. The van der Waals surface area contributed by atoms with E-state index in [0.29, 0.717) is 12.2 Å². The lowest BCUT2D eigenvalue weighted by molar-refractivity contribution is 0.131. The SMILES string of the molecule is O=C(NC1CCCCC1)OCc1cn(Cc2ccc3ccccc3c2)nn1. The molecule has 0 radical (unpaired) electrons. The number of benzene rings is 2. The van der Waals surface area contributed by atoms with Crippen LogP contribution in [0.5, 0.6) is 0 Å². The molecule has 140 valence electrons. The molecule has 1 aliphatic rings. The fraction of sp³-hybridized carbons (Fsp3) is 0.381. The van der Waals surface area contributed by atoms with Gasteiger partial charge in [-0.3, -0.25) is 0 Å². The maximum atomic E-state index is 11.9. The molecule has 0 aliphatic heterocycles. The highest BCUT2D eigenvalue weighted by atomic mass is 16.5. The summed E-state index contributed by atoms with van der Waals surface area (Å²) < 4.78 is 7.05. The van der Waals surface area contributed by atoms with E-state index in [0.717, 1.165) is 18.4 Å². The molecule has 0 saturated heterocycles. The zero-order valence-corrected chi connectivity index (χ0v) is 15.3. The normalized spacial score (nSPS) is 15.0. The van der Waals surface area contributed by atoms with E-state index in [1.54, 1.807) is 4.68 Å². The molecule has 0 spiro atoms. The summed E-state index contributed by atoms with van der Waals surface area (Å²) in [4.78, 5) is 11.9. The van der Waals surface area contributed by atoms with Crippen molar-refractivity contribution in [2.75, 3.05) is 0 Å². The van der Waals surface area contributed by atoms with E-state index in [-0.39, 0.29) is 18.7 Å². The molecule has 1 amide bonds. The quantitative estimate of drug-likeness (QED) is 0.742. The number of rotatable bonds is 5. The van der Waals surface area contributed by atoms with E-state index < -0.39 is 0 Å². The molecule has 1 aliphatic carbocycles. The standard InChI is InChI=1S/C21H24N4O2/c26-21(22-19-8-2-1-3-9-19)27-15-20-14-25(24-23-20)13-16-10-11-17-6-4-5-7-18(17)12-16/h4-7,10-12,14,19H,1-3,8-9,13,15H2,(H,22,26). The van der Waals surface area contributed by atoms with Crippen molar-refractivity contribution in [3.63, 3.8) is 0 Å². The van der Waals surface area contributed by atoms with Gasteiger partial charge in [0.15, 0.2) is 0 Å². The first-order valence-electron chi connectivity index (χ1n) is 9.56. The van der Waals surface area contributed by atoms with Gasteiger partial charge in [0.05, 0.1) is 12.7 Å². The molecule has 0 unspecified atom stereocenters. The molecule has 3 aromatic rings. The number of hydrogen-bond acceptors (Lipinski definition) is 4. The largest absolute Gasteiger partial charge is 0.443 e. The Morgan fingerprint density at radius 2 is 1.93 bits per heavy atom. The molecule has 1 saturated carbocycles. The molecule has 0 bridgehead atoms. The van der Waals surface area contributed by atoms with Crippen LogP contribution in [0.15, 0.2) is 48.7 Å². The van der Waals surface area contributed by atoms with Crippen molar-refractivity contribution in [3.05, 3.63) is 59.9 Å². The molecule has 4 rings (SSSR count). The van der Waals surface area contributed by atoms with Gasteiger partial charge in [0.25, 0.3) is 0 Å². The number of fused-ring (bicyclic) bond motifs is 1. The topological polar surface area (TPSA) is 69.0 Å². The number of aromatic nitrogens is 3. The number of alkyl carbamates (subject to hydrolysis) is 1. The highest BCUT2D eigenvalue weighted by Crippen LogP contribution is 2.18. The van der Waals surface area contributed by atoms with E-state index in [9.17, 15) is 4.79 Å². The van der Waals surface area contributed by atoms with Crippen LogP contribution in [-0.4, -0.2) is 27.1 Å². The Kier molecular flexibility index (Phi) is 5.32. The van der Waals surface area contributed by atoms with Gasteiger partial charge < -0.3 is 10.1 Å². The monoisotopic (exact) mass is 364 g/mol. The van der Waals surface area contributed by atoms with Crippen molar-refractivity contribution in [1.82, 2.24) is 20.3 Å². The van der Waals surface area contributed by atoms with Crippen molar-refractivity contribution in [2.45, 2.75) is 51.3 Å². The Labute approximate surface area is 158 Å². The van der Waals surface area contributed by atoms with Gasteiger partial charge in [0.2, 0.25) is 0 Å². The Morgan fingerprint density at radius 1 is 1.11 bits per heavy atom. The van der Waals surface area contributed by atoms with Crippen LogP contribution < -0.4 is 5.32 Å². The van der Waals surface area contributed by atoms with E-state index in [1.165, 1.54) is 30.0 Å². The third-order valence-electron chi connectivity index (χ3n) is 5.02. The second-order valence-electron chi connectivity index (χ2n) is 7.14. The van der Waals surface area contributed by atoms with Gasteiger partial charge in [-0.05, 0) is 35.2 Å². The van der Waals surface area contributed by atoms with Gasteiger partial charge >= 0.3 is 6.09 Å². The van der Waals surface area contributed by atoms with Crippen molar-refractivity contribution in [3.8, 4) is 0 Å². The fourth-order valence-electron chi connectivity index (χ4n) is 3.60. The lowest BCUT2D eigenvalue weighted by Gasteiger charge is -2.22. The zero-order chi connectivity index (χ0) is 18.5. The average Bonchev–Trinajstić information content (AvgIpc) is 3.14. The van der Waals surface area contributed by atoms with Crippen molar-refractivity contribution in [2.24, 2.45) is 0 Å². The van der Waals surface area contributed by atoms with Crippen LogP contribution in [0.3, 0.4) is 0 Å². The molecule has 2 aromatic carbocycles. The smallest absolute Gasteiger partial charge is 0.407 e. The van der Waals surface area contributed by atoms with Crippen molar-refractivity contribution < 1.29 is 9.53 Å². The van der Waals surface area contributed by atoms with Gasteiger partial charge in [-0.15, -0.1) is 5.10 Å². The Hall–Kier alpha value is -2.89. The van der Waals surface area contributed by atoms with Crippen molar-refractivity contribution >= 4 is 16.9 Å². The van der Waals surface area contributed by atoms with E-state index >= 15 is 0 Å². The molecule has 6 heteroatoms. The van der Waals surface area contributed by atoms with Crippen LogP contribution >= 0.6 is 0 Å². The fourth-order valence-corrected chi connectivity index (χ4v) is 3.60. The summed E-state index contributed by atoms with van der Waals surface area (Å²) in [5, 5.41) is 13.6. The molecule has 0 atom stereocenters. The highest BCUT2D eigenvalue weighted by Gasteiger charge is 2.16. The van der Waals surface area contributed by atoms with Gasteiger partial charge in [-0.2, -0.15) is 0 Å². The molecule has 27 heavy (non-hydrogen) atoms. The molecular formula is C21H24N4O2. The van der Waals surface area contributed by atoms with Crippen LogP contribution in [0.2, 0.25) is 0 Å². The molecule has 6 nitrogen and oxygen atoms in total. The summed E-state index contributed by atoms with van der Waals surface area (Å²) in [5.41, 5.74) is 1.80. The lowest BCUT2D eigenvalue weighted by atomic mass is 9.96. The summed E-state index contributed by atoms with van der Waals surface area (Å²) >= 11 is 0. The first-order chi connectivity index (χ1) is 13.3. The highest BCUT2D eigenvalue weighted by molar-refractivity contribution is 5.82. The zero-order valence-electron chi connectivity index (χ0n) is 15.3. The summed E-state index contributed by atoms with van der Waals surface area (Å²) in [7, 11) is 0. The summed E-state index contributed by atoms with van der Waals surface area (Å²) in [6.07, 6.45) is 7.14. The van der Waals surface area contributed by atoms with Crippen LogP contribution in [-0.2, 0) is 17.9 Å². The minimum atomic E-state index is -0.369. The molecule has 1 heterocycles. The Balaban J connectivity index is 1.30. The van der Waals surface area contributed by atoms with Crippen LogP contribution in [0.1, 0.15) is 43.4 Å². The lowest BCUT2D eigenvalue weighted by Crippen LogP contribution is -2.36. The van der Waals surface area contributed by atoms with Crippen LogP contribution in [0, 0.1) is 0 Å². The number of carbonyl (C=O) groups excluding carboxylic acids is 1. The summed E-state index contributed by atoms with van der Waals surface area (Å²) in [6, 6.07) is 14.9. The maximum Gasteiger partial charge on any atom is 0.407 e. The van der Waals surface area contributed by atoms with Gasteiger partial charge in [-0.1, -0.05) is 60.9 Å². The van der Waals surface area contributed by atoms with Gasteiger partial charge in [0, 0.05) is 6.04 Å². The number of nitrogens with one attached hydrogen (secondary N) is 1. The second-order valence-corrected chi connectivity index (χ2v) is 7.14. The third-order valence-corrected chi connectivity index (χ3v) is 5.02. The number of hydrogen-bond donors (Lipinski definition) is 1. The van der Waals surface area contributed by atoms with E-state index in [2.05, 4.69) is 46.0 Å². The Morgan fingerprint density at radius 3 is 2.78 bits per heavy atom. The van der Waals surface area contributed by atoms with Crippen LogP contribution in [0.4, 0.5) is 4.79 Å². The predicted octanol–water partition coefficient (Wildman–Crippen LogP) is 4.04.